The van der Waals surface area contributed by atoms with Crippen LogP contribution in [0.4, 0.5) is 21.7 Å². The molecule has 4 aromatic rings. The van der Waals surface area contributed by atoms with Crippen molar-refractivity contribution in [1.29, 1.82) is 0 Å². The van der Waals surface area contributed by atoms with Gasteiger partial charge in [-0.05, 0) is 37.3 Å². The summed E-state index contributed by atoms with van der Waals surface area (Å²) in [5.74, 6) is -0.260. The molecule has 0 saturated carbocycles. The van der Waals surface area contributed by atoms with Gasteiger partial charge in [0.2, 0.25) is 5.95 Å². The third kappa shape index (κ3) is 4.38. The molecule has 1 aliphatic heterocycles. The molecule has 0 aliphatic carbocycles. The summed E-state index contributed by atoms with van der Waals surface area (Å²) in [6.07, 6.45) is 1.51. The Bertz CT molecular complexity index is 1510. The number of Topliss-reactive ketones (excluding diaryl/α,β-unsaturated/α-hetero) is 1. The molecule has 2 aromatic heterocycles. The summed E-state index contributed by atoms with van der Waals surface area (Å²) in [6, 6.07) is 11.3. The first kappa shape index (κ1) is 23.4. The smallest absolute Gasteiger partial charge is 0.349 e. The standard InChI is InChI=1S/C26H23FN4O5/c1-15(32)22-24(31-10-12-35-13-11-31)17-7-6-16(14-21(17)36-25(22)33)29-26-28-9-8-19(30-26)23-18(27)4-3-5-20(23)34-2/h3-9,14H,10-13H2,1-2H3,(H,28,29,30). The second kappa shape index (κ2) is 9.74. The summed E-state index contributed by atoms with van der Waals surface area (Å²) in [7, 11) is 1.46. The van der Waals surface area contributed by atoms with E-state index < -0.39 is 11.4 Å². The van der Waals surface area contributed by atoms with Crippen molar-refractivity contribution in [2.75, 3.05) is 43.6 Å². The molecule has 3 heterocycles. The van der Waals surface area contributed by atoms with Gasteiger partial charge in [0.25, 0.3) is 0 Å². The number of benzene rings is 2. The second-order valence-corrected chi connectivity index (χ2v) is 8.19. The number of methoxy groups -OCH3 is 1. The minimum atomic E-state index is -0.696. The zero-order valence-electron chi connectivity index (χ0n) is 19.7. The van der Waals surface area contributed by atoms with E-state index in [0.717, 1.165) is 0 Å². The monoisotopic (exact) mass is 490 g/mol. The SMILES string of the molecule is COc1cccc(F)c1-c1ccnc(Nc2ccc3c(N4CCOCC4)c(C(C)=O)c(=O)oc3c2)n1. The predicted octanol–water partition coefficient (Wildman–Crippen LogP) is 4.18. The van der Waals surface area contributed by atoms with Crippen molar-refractivity contribution in [3.63, 3.8) is 0 Å². The van der Waals surface area contributed by atoms with Crippen molar-refractivity contribution in [2.45, 2.75) is 6.92 Å². The van der Waals surface area contributed by atoms with Crippen molar-refractivity contribution in [2.24, 2.45) is 0 Å². The number of aromatic nitrogens is 2. The molecule has 0 bridgehead atoms. The minimum absolute atomic E-state index is 0.0278. The van der Waals surface area contributed by atoms with Crippen molar-refractivity contribution < 1.29 is 23.1 Å². The highest BCUT2D eigenvalue weighted by atomic mass is 19.1. The Hall–Kier alpha value is -4.31. The molecular weight excluding hydrogens is 467 g/mol. The lowest BCUT2D eigenvalue weighted by atomic mass is 10.1. The largest absolute Gasteiger partial charge is 0.496 e. The number of nitrogens with one attached hydrogen (secondary N) is 1. The fourth-order valence-electron chi connectivity index (χ4n) is 4.30. The molecule has 0 unspecified atom stereocenters. The van der Waals surface area contributed by atoms with Gasteiger partial charge in [-0.25, -0.2) is 19.2 Å². The van der Waals surface area contributed by atoms with Gasteiger partial charge in [0.05, 0.1) is 37.3 Å². The van der Waals surface area contributed by atoms with E-state index in [1.54, 1.807) is 36.4 Å². The Morgan fingerprint density at radius 2 is 1.97 bits per heavy atom. The third-order valence-corrected chi connectivity index (χ3v) is 5.92. The maximum absolute atomic E-state index is 14.5. The average molecular weight is 490 g/mol. The minimum Gasteiger partial charge on any atom is -0.496 e. The topological polar surface area (TPSA) is 107 Å². The Morgan fingerprint density at radius 1 is 1.17 bits per heavy atom. The molecule has 0 spiro atoms. The highest BCUT2D eigenvalue weighted by Gasteiger charge is 2.24. The van der Waals surface area contributed by atoms with Gasteiger partial charge >= 0.3 is 5.63 Å². The molecule has 0 amide bonds. The van der Waals surface area contributed by atoms with Crippen LogP contribution in [0.5, 0.6) is 5.75 Å². The third-order valence-electron chi connectivity index (χ3n) is 5.92. The summed E-state index contributed by atoms with van der Waals surface area (Å²) in [4.78, 5) is 35.7. The van der Waals surface area contributed by atoms with Crippen molar-refractivity contribution in [3.05, 3.63) is 70.5 Å². The number of fused-ring (bicyclic) bond motifs is 1. The van der Waals surface area contributed by atoms with Gasteiger partial charge in [0.15, 0.2) is 5.78 Å². The van der Waals surface area contributed by atoms with E-state index in [9.17, 15) is 14.0 Å². The lowest BCUT2D eigenvalue weighted by Gasteiger charge is -2.30. The van der Waals surface area contributed by atoms with E-state index in [1.165, 1.54) is 26.3 Å². The second-order valence-electron chi connectivity index (χ2n) is 8.19. The van der Waals surface area contributed by atoms with Crippen LogP contribution in [0.3, 0.4) is 0 Å². The van der Waals surface area contributed by atoms with Crippen LogP contribution in [0.1, 0.15) is 17.3 Å². The van der Waals surface area contributed by atoms with Crippen LogP contribution in [0.2, 0.25) is 0 Å². The molecule has 1 saturated heterocycles. The summed E-state index contributed by atoms with van der Waals surface area (Å²) in [5, 5.41) is 3.71. The maximum Gasteiger partial charge on any atom is 0.349 e. The zero-order valence-corrected chi connectivity index (χ0v) is 19.7. The summed E-state index contributed by atoms with van der Waals surface area (Å²) in [5.41, 5.74) is 1.31. The molecule has 10 heteroatoms. The van der Waals surface area contributed by atoms with Crippen molar-refractivity contribution in [3.8, 4) is 17.0 Å². The maximum atomic E-state index is 14.5. The molecule has 184 valence electrons. The Labute approximate surface area is 205 Å². The van der Waals surface area contributed by atoms with Gasteiger partial charge in [0.1, 0.15) is 22.7 Å². The van der Waals surface area contributed by atoms with Crippen LogP contribution in [0, 0.1) is 5.82 Å². The molecule has 1 fully saturated rings. The number of hydrogen-bond acceptors (Lipinski definition) is 9. The molecule has 0 radical (unpaired) electrons. The molecule has 36 heavy (non-hydrogen) atoms. The lowest BCUT2D eigenvalue weighted by Crippen LogP contribution is -2.38. The number of anilines is 3. The molecule has 2 aromatic carbocycles. The van der Waals surface area contributed by atoms with E-state index >= 15 is 0 Å². The van der Waals surface area contributed by atoms with Gasteiger partial charge in [-0.1, -0.05) is 6.07 Å². The molecular formula is C26H23FN4O5. The van der Waals surface area contributed by atoms with Crippen molar-refractivity contribution >= 4 is 34.1 Å². The van der Waals surface area contributed by atoms with Gasteiger partial charge in [0, 0.05) is 36.4 Å². The first-order valence-corrected chi connectivity index (χ1v) is 11.3. The van der Waals surface area contributed by atoms with E-state index in [-0.39, 0.29) is 22.9 Å². The highest BCUT2D eigenvalue weighted by Crippen LogP contribution is 2.34. The Morgan fingerprint density at radius 3 is 2.72 bits per heavy atom. The van der Waals surface area contributed by atoms with Gasteiger partial charge in [-0.2, -0.15) is 0 Å². The zero-order chi connectivity index (χ0) is 25.2. The Kier molecular flexibility index (Phi) is 6.34. The number of halogens is 1. The Balaban J connectivity index is 1.54. The molecule has 1 aliphatic rings. The van der Waals surface area contributed by atoms with E-state index in [0.29, 0.717) is 60.1 Å². The molecule has 9 nitrogen and oxygen atoms in total. The van der Waals surface area contributed by atoms with E-state index in [2.05, 4.69) is 15.3 Å². The normalized spacial score (nSPS) is 13.6. The summed E-state index contributed by atoms with van der Waals surface area (Å²) < 4.78 is 30.8. The van der Waals surface area contributed by atoms with E-state index in [1.807, 2.05) is 4.90 Å². The summed E-state index contributed by atoms with van der Waals surface area (Å²) >= 11 is 0. The van der Waals surface area contributed by atoms with E-state index in [4.69, 9.17) is 13.9 Å². The number of nitrogens with zero attached hydrogens (tertiary/aromatic N) is 3. The number of carbonyl (C=O) groups is 1. The van der Waals surface area contributed by atoms with Crippen molar-refractivity contribution in [1.82, 2.24) is 9.97 Å². The number of carbonyl (C=O) groups excluding carboxylic acids is 1. The first-order chi connectivity index (χ1) is 17.5. The van der Waals surface area contributed by atoms with Gasteiger partial charge in [-0.3, -0.25) is 4.79 Å². The molecule has 0 atom stereocenters. The quantitative estimate of drug-likeness (QED) is 0.315. The highest BCUT2D eigenvalue weighted by molar-refractivity contribution is 6.07. The number of ketones is 1. The van der Waals surface area contributed by atoms with Crippen LogP contribution < -0.4 is 20.6 Å². The van der Waals surface area contributed by atoms with Crippen LogP contribution in [0.25, 0.3) is 22.2 Å². The molecule has 5 rings (SSSR count). The molecule has 1 N–H and O–H groups in total. The summed E-state index contributed by atoms with van der Waals surface area (Å²) in [6.45, 7) is 3.46. The van der Waals surface area contributed by atoms with Crippen LogP contribution in [-0.4, -0.2) is 49.2 Å². The fraction of sp³-hybridized carbons (Fsp3) is 0.231. The van der Waals surface area contributed by atoms with Gasteiger partial charge in [-0.15, -0.1) is 0 Å². The lowest BCUT2D eigenvalue weighted by molar-refractivity contribution is 0.101. The van der Waals surface area contributed by atoms with Gasteiger partial charge < -0.3 is 24.1 Å². The number of morpholine rings is 1. The van der Waals surface area contributed by atoms with Crippen LogP contribution in [0.15, 0.2) is 57.9 Å². The van der Waals surface area contributed by atoms with Crippen LogP contribution in [-0.2, 0) is 4.74 Å². The average Bonchev–Trinajstić information content (AvgIpc) is 2.88. The van der Waals surface area contributed by atoms with Crippen LogP contribution >= 0.6 is 0 Å². The number of ether oxygens (including phenoxy) is 2. The first-order valence-electron chi connectivity index (χ1n) is 11.3. The number of hydrogen-bond donors (Lipinski definition) is 1. The fourth-order valence-corrected chi connectivity index (χ4v) is 4.30. The predicted molar refractivity (Wildman–Crippen MR) is 133 cm³/mol. The number of rotatable bonds is 6.